The Balaban J connectivity index is 0.000000593. The van der Waals surface area contributed by atoms with E-state index >= 15 is 0 Å². The summed E-state index contributed by atoms with van der Waals surface area (Å²) in [5.41, 5.74) is 5.92. The molecule has 0 unspecified atom stereocenters. The lowest BCUT2D eigenvalue weighted by molar-refractivity contribution is 0.148. The highest BCUT2D eigenvalue weighted by molar-refractivity contribution is 5.38. The second-order valence-corrected chi connectivity index (χ2v) is 7.36. The van der Waals surface area contributed by atoms with Crippen molar-refractivity contribution in [3.05, 3.63) is 34.4 Å². The average Bonchev–Trinajstić information content (AvgIpc) is 2.53. The molecular weight excluding hydrogens is 280 g/mol. The van der Waals surface area contributed by atoms with Gasteiger partial charge in [0.25, 0.3) is 0 Å². The normalized spacial score (nSPS) is 16.3. The summed E-state index contributed by atoms with van der Waals surface area (Å²) < 4.78 is 0. The third kappa shape index (κ3) is 6.64. The Morgan fingerprint density at radius 3 is 2.00 bits per heavy atom. The van der Waals surface area contributed by atoms with Crippen molar-refractivity contribution in [2.45, 2.75) is 66.8 Å². The molecule has 1 heterocycles. The summed E-state index contributed by atoms with van der Waals surface area (Å²) in [5.74, 6) is 0.616. The van der Waals surface area contributed by atoms with Gasteiger partial charge in [-0.3, -0.25) is 4.90 Å². The van der Waals surface area contributed by atoms with Crippen LogP contribution >= 0.6 is 0 Å². The van der Waals surface area contributed by atoms with Crippen molar-refractivity contribution in [1.29, 1.82) is 0 Å². The van der Waals surface area contributed by atoms with Gasteiger partial charge in [-0.2, -0.15) is 0 Å². The minimum absolute atomic E-state index is 0.616. The number of benzene rings is 1. The van der Waals surface area contributed by atoms with Gasteiger partial charge in [-0.05, 0) is 49.1 Å². The van der Waals surface area contributed by atoms with E-state index in [4.69, 9.17) is 0 Å². The maximum atomic E-state index is 2.59. The Morgan fingerprint density at radius 1 is 0.957 bits per heavy atom. The number of rotatable bonds is 4. The van der Waals surface area contributed by atoms with Gasteiger partial charge in [0.2, 0.25) is 0 Å². The lowest BCUT2D eigenvalue weighted by Gasteiger charge is -2.33. The van der Waals surface area contributed by atoms with Gasteiger partial charge in [0, 0.05) is 32.7 Å². The van der Waals surface area contributed by atoms with E-state index < -0.39 is 0 Å². The fraction of sp³-hybridized carbons (Fsp3) is 0.714. The van der Waals surface area contributed by atoms with E-state index in [9.17, 15) is 0 Å². The summed E-state index contributed by atoms with van der Waals surface area (Å²) in [6, 6.07) is 4.78. The molecule has 0 aliphatic carbocycles. The average molecular weight is 319 g/mol. The van der Waals surface area contributed by atoms with Crippen LogP contribution in [0.1, 0.15) is 68.7 Å². The molecule has 1 aromatic carbocycles. The van der Waals surface area contributed by atoms with E-state index in [1.54, 1.807) is 0 Å². The number of aryl methyl sites for hydroxylation is 1. The molecule has 0 aromatic heterocycles. The Hall–Kier alpha value is -0.860. The Bertz CT molecular complexity index is 455. The zero-order valence-corrected chi connectivity index (χ0v) is 16.6. The second-order valence-electron chi connectivity index (χ2n) is 7.36. The summed E-state index contributed by atoms with van der Waals surface area (Å²) in [4.78, 5) is 5.00. The summed E-state index contributed by atoms with van der Waals surface area (Å²) in [7, 11) is 2.21. The van der Waals surface area contributed by atoms with Crippen LogP contribution in [-0.2, 0) is 6.54 Å². The predicted octanol–water partition coefficient (Wildman–Crippen LogP) is 4.98. The molecule has 0 N–H and O–H groups in total. The predicted molar refractivity (Wildman–Crippen MR) is 103 cm³/mol. The summed E-state index contributed by atoms with van der Waals surface area (Å²) in [6.07, 6.45) is 2.64. The van der Waals surface area contributed by atoms with Gasteiger partial charge in [-0.15, -0.1) is 0 Å². The van der Waals surface area contributed by atoms with Gasteiger partial charge in [-0.25, -0.2) is 0 Å². The molecule has 0 saturated carbocycles. The van der Waals surface area contributed by atoms with Crippen LogP contribution < -0.4 is 0 Å². The Labute approximate surface area is 144 Å². The quantitative estimate of drug-likeness (QED) is 0.772. The third-order valence-electron chi connectivity index (χ3n) is 4.95. The van der Waals surface area contributed by atoms with Crippen LogP contribution in [0.2, 0.25) is 0 Å². The number of nitrogens with zero attached hydrogens (tertiary/aromatic N) is 2. The first-order valence-corrected chi connectivity index (χ1v) is 9.39. The van der Waals surface area contributed by atoms with Crippen LogP contribution in [0, 0.1) is 13.8 Å². The van der Waals surface area contributed by atoms with E-state index in [-0.39, 0.29) is 0 Å². The minimum Gasteiger partial charge on any atom is -0.304 e. The van der Waals surface area contributed by atoms with Crippen LogP contribution in [0.5, 0.6) is 0 Å². The molecule has 2 heteroatoms. The maximum Gasteiger partial charge on any atom is 0.0237 e. The van der Waals surface area contributed by atoms with Crippen LogP contribution in [0.3, 0.4) is 0 Å². The topological polar surface area (TPSA) is 6.48 Å². The zero-order chi connectivity index (χ0) is 17.4. The number of unbranched alkanes of at least 4 members (excludes halogenated alkanes) is 1. The molecule has 0 radical (unpaired) electrons. The van der Waals surface area contributed by atoms with Crippen LogP contribution in [0.15, 0.2) is 12.1 Å². The van der Waals surface area contributed by atoms with Crippen molar-refractivity contribution >= 4 is 0 Å². The Morgan fingerprint density at radius 2 is 1.52 bits per heavy atom. The monoisotopic (exact) mass is 318 g/mol. The summed E-state index contributed by atoms with van der Waals surface area (Å²) in [6.45, 7) is 19.3. The SMILES string of the molecule is CCCC.Cc1cc(C(C)C)cc(CN2CCN(C)CC2)c1C. The fourth-order valence-corrected chi connectivity index (χ4v) is 2.71. The molecule has 0 atom stereocenters. The standard InChI is InChI=1S/C17H28N2.C4H10/c1-13(2)16-10-14(3)15(4)17(11-16)12-19-8-6-18(5)7-9-19;1-3-4-2/h10-11,13H,6-9,12H2,1-5H3;3-4H2,1-2H3. The van der Waals surface area contributed by atoms with Gasteiger partial charge < -0.3 is 4.90 Å². The molecule has 0 spiro atoms. The number of piperazine rings is 1. The van der Waals surface area contributed by atoms with E-state index in [1.165, 1.54) is 61.3 Å². The molecule has 0 amide bonds. The lowest BCUT2D eigenvalue weighted by atomic mass is 9.94. The number of hydrogen-bond donors (Lipinski definition) is 0. The molecule has 1 aliphatic heterocycles. The van der Waals surface area contributed by atoms with E-state index in [1.807, 2.05) is 0 Å². The zero-order valence-electron chi connectivity index (χ0n) is 16.6. The molecule has 0 bridgehead atoms. The van der Waals surface area contributed by atoms with Crippen molar-refractivity contribution in [2.24, 2.45) is 0 Å². The smallest absolute Gasteiger partial charge is 0.0237 e. The van der Waals surface area contributed by atoms with Crippen LogP contribution in [-0.4, -0.2) is 43.0 Å². The first-order chi connectivity index (χ1) is 10.9. The molecule has 23 heavy (non-hydrogen) atoms. The molecule has 132 valence electrons. The van der Waals surface area contributed by atoms with Crippen molar-refractivity contribution < 1.29 is 0 Å². The molecular formula is C21H38N2. The van der Waals surface area contributed by atoms with Gasteiger partial charge in [0.05, 0.1) is 0 Å². The molecule has 2 rings (SSSR count). The van der Waals surface area contributed by atoms with Crippen molar-refractivity contribution in [2.75, 3.05) is 33.2 Å². The minimum atomic E-state index is 0.616. The highest BCUT2D eigenvalue weighted by atomic mass is 15.2. The van der Waals surface area contributed by atoms with Crippen molar-refractivity contribution in [3.8, 4) is 0 Å². The summed E-state index contributed by atoms with van der Waals surface area (Å²) >= 11 is 0. The maximum absolute atomic E-state index is 2.59. The van der Waals surface area contributed by atoms with Crippen LogP contribution in [0.25, 0.3) is 0 Å². The van der Waals surface area contributed by atoms with Crippen molar-refractivity contribution in [1.82, 2.24) is 9.80 Å². The fourth-order valence-electron chi connectivity index (χ4n) is 2.71. The van der Waals surface area contributed by atoms with Gasteiger partial charge in [-0.1, -0.05) is 52.7 Å². The second kappa shape index (κ2) is 10.1. The molecule has 1 aromatic rings. The molecule has 2 nitrogen and oxygen atoms in total. The van der Waals surface area contributed by atoms with E-state index in [0.717, 1.165) is 6.54 Å². The number of likely N-dealkylation sites (N-methyl/N-ethyl adjacent to an activating group) is 1. The molecule has 1 saturated heterocycles. The first-order valence-electron chi connectivity index (χ1n) is 9.39. The van der Waals surface area contributed by atoms with E-state index in [2.05, 4.69) is 70.5 Å². The van der Waals surface area contributed by atoms with E-state index in [0.29, 0.717) is 5.92 Å². The van der Waals surface area contributed by atoms with Gasteiger partial charge in [0.1, 0.15) is 0 Å². The summed E-state index contributed by atoms with van der Waals surface area (Å²) in [5, 5.41) is 0. The van der Waals surface area contributed by atoms with Crippen LogP contribution in [0.4, 0.5) is 0 Å². The lowest BCUT2D eigenvalue weighted by Crippen LogP contribution is -2.44. The molecule has 1 aliphatic rings. The molecule has 1 fully saturated rings. The number of hydrogen-bond acceptors (Lipinski definition) is 2. The van der Waals surface area contributed by atoms with Gasteiger partial charge >= 0.3 is 0 Å². The largest absolute Gasteiger partial charge is 0.304 e. The highest BCUT2D eigenvalue weighted by Crippen LogP contribution is 2.23. The van der Waals surface area contributed by atoms with Gasteiger partial charge in [0.15, 0.2) is 0 Å². The highest BCUT2D eigenvalue weighted by Gasteiger charge is 2.16. The third-order valence-corrected chi connectivity index (χ3v) is 4.95. The van der Waals surface area contributed by atoms with Crippen molar-refractivity contribution in [3.63, 3.8) is 0 Å². The first kappa shape index (κ1) is 20.2. The Kier molecular flexibility index (Phi) is 8.86.